The molecule has 1 amide bonds. The molecule has 1 aromatic carbocycles. The fourth-order valence-electron chi connectivity index (χ4n) is 2.60. The minimum Gasteiger partial charge on any atom is -0.336 e. The van der Waals surface area contributed by atoms with Crippen LogP contribution >= 0.6 is 27.5 Å². The van der Waals surface area contributed by atoms with Crippen molar-refractivity contribution >= 4 is 33.4 Å². The number of carbonyl (C=O) groups is 1. The molecule has 0 bridgehead atoms. The van der Waals surface area contributed by atoms with Crippen molar-refractivity contribution in [3.05, 3.63) is 33.3 Å². The number of benzene rings is 1. The third-order valence-corrected chi connectivity index (χ3v) is 4.17. The Bertz CT molecular complexity index is 445. The molecule has 5 heteroatoms. The van der Waals surface area contributed by atoms with Crippen LogP contribution in [0.2, 0.25) is 5.02 Å². The Kier molecular flexibility index (Phi) is 5.25. The lowest BCUT2D eigenvalue weighted by Gasteiger charge is -2.35. The lowest BCUT2D eigenvalue weighted by molar-refractivity contribution is 0.0605. The molecule has 1 aromatic rings. The Morgan fingerprint density at radius 2 is 2.21 bits per heavy atom. The molecule has 0 radical (unpaired) electrons. The number of nitrogens with zero attached hydrogens (tertiary/aromatic N) is 1. The van der Waals surface area contributed by atoms with Crippen LogP contribution in [0.15, 0.2) is 22.7 Å². The molecular formula is C14H18BrClN2O. The highest BCUT2D eigenvalue weighted by molar-refractivity contribution is 9.10. The van der Waals surface area contributed by atoms with Crippen molar-refractivity contribution in [2.75, 3.05) is 13.1 Å². The van der Waals surface area contributed by atoms with E-state index in [0.29, 0.717) is 17.1 Å². The van der Waals surface area contributed by atoms with Crippen molar-refractivity contribution in [1.82, 2.24) is 4.90 Å². The molecule has 1 aliphatic rings. The van der Waals surface area contributed by atoms with Crippen molar-refractivity contribution in [2.24, 2.45) is 5.73 Å². The number of hydrogen-bond donors (Lipinski definition) is 1. The van der Waals surface area contributed by atoms with E-state index in [9.17, 15) is 4.79 Å². The Labute approximate surface area is 127 Å². The highest BCUT2D eigenvalue weighted by Crippen LogP contribution is 2.25. The molecule has 2 rings (SSSR count). The fraction of sp³-hybridized carbons (Fsp3) is 0.500. The largest absolute Gasteiger partial charge is 0.336 e. The summed E-state index contributed by atoms with van der Waals surface area (Å²) < 4.78 is 0.829. The molecule has 0 spiro atoms. The third-order valence-electron chi connectivity index (χ3n) is 3.50. The van der Waals surface area contributed by atoms with Gasteiger partial charge in [0.1, 0.15) is 0 Å². The van der Waals surface area contributed by atoms with Gasteiger partial charge in [-0.3, -0.25) is 4.79 Å². The van der Waals surface area contributed by atoms with Crippen LogP contribution in [0.3, 0.4) is 0 Å². The number of rotatable bonds is 3. The van der Waals surface area contributed by atoms with E-state index in [0.717, 1.165) is 30.3 Å². The molecule has 1 saturated heterocycles. The van der Waals surface area contributed by atoms with Gasteiger partial charge in [-0.25, -0.2) is 0 Å². The molecule has 104 valence electrons. The normalized spacial score (nSPS) is 19.5. The first-order chi connectivity index (χ1) is 9.11. The van der Waals surface area contributed by atoms with E-state index >= 15 is 0 Å². The number of likely N-dealkylation sites (tertiary alicyclic amines) is 1. The van der Waals surface area contributed by atoms with Gasteiger partial charge in [0.2, 0.25) is 0 Å². The Morgan fingerprint density at radius 3 is 2.89 bits per heavy atom. The van der Waals surface area contributed by atoms with Gasteiger partial charge < -0.3 is 10.6 Å². The van der Waals surface area contributed by atoms with E-state index in [-0.39, 0.29) is 11.9 Å². The van der Waals surface area contributed by atoms with Crippen LogP contribution in [0.5, 0.6) is 0 Å². The summed E-state index contributed by atoms with van der Waals surface area (Å²) in [5.74, 6) is 0.0568. The molecule has 1 fully saturated rings. The van der Waals surface area contributed by atoms with Gasteiger partial charge in [-0.1, -0.05) is 27.5 Å². The van der Waals surface area contributed by atoms with Gasteiger partial charge in [0.15, 0.2) is 0 Å². The molecule has 1 atom stereocenters. The summed E-state index contributed by atoms with van der Waals surface area (Å²) in [5.41, 5.74) is 6.28. The summed E-state index contributed by atoms with van der Waals surface area (Å²) in [4.78, 5) is 14.5. The van der Waals surface area contributed by atoms with E-state index in [1.54, 1.807) is 12.1 Å². The van der Waals surface area contributed by atoms with E-state index < -0.39 is 0 Å². The fourth-order valence-corrected chi connectivity index (χ4v) is 3.46. The van der Waals surface area contributed by atoms with Crippen molar-refractivity contribution in [2.45, 2.75) is 31.7 Å². The predicted octanol–water partition coefficient (Wildman–Crippen LogP) is 3.45. The number of hydrogen-bond acceptors (Lipinski definition) is 2. The molecule has 0 aromatic heterocycles. The number of piperidine rings is 1. The maximum atomic E-state index is 12.6. The van der Waals surface area contributed by atoms with Crippen LogP contribution in [-0.2, 0) is 0 Å². The molecular weight excluding hydrogens is 328 g/mol. The topological polar surface area (TPSA) is 46.3 Å². The quantitative estimate of drug-likeness (QED) is 0.912. The van der Waals surface area contributed by atoms with Crippen molar-refractivity contribution in [1.29, 1.82) is 0 Å². The number of carbonyl (C=O) groups excluding carboxylic acids is 1. The molecule has 19 heavy (non-hydrogen) atoms. The van der Waals surface area contributed by atoms with E-state index in [1.165, 1.54) is 6.42 Å². The second-order valence-corrected chi connectivity index (χ2v) is 6.24. The van der Waals surface area contributed by atoms with Gasteiger partial charge in [0.25, 0.3) is 5.91 Å². The van der Waals surface area contributed by atoms with Gasteiger partial charge in [-0.15, -0.1) is 0 Å². The number of amides is 1. The zero-order valence-corrected chi connectivity index (χ0v) is 13.1. The number of nitrogens with two attached hydrogens (primary N) is 1. The Hall–Kier alpha value is -0.580. The van der Waals surface area contributed by atoms with Crippen LogP contribution in [0.25, 0.3) is 0 Å². The first-order valence-corrected chi connectivity index (χ1v) is 7.76. The minimum atomic E-state index is 0.0568. The zero-order valence-electron chi connectivity index (χ0n) is 10.7. The SMILES string of the molecule is NCCC1CCCCN1C(=O)c1cc(Cl)cc(Br)c1. The summed E-state index contributed by atoms with van der Waals surface area (Å²) in [6, 6.07) is 5.60. The maximum Gasteiger partial charge on any atom is 0.254 e. The van der Waals surface area contributed by atoms with E-state index in [4.69, 9.17) is 17.3 Å². The summed E-state index contributed by atoms with van der Waals surface area (Å²) in [6.07, 6.45) is 4.15. The second kappa shape index (κ2) is 6.73. The Balaban J connectivity index is 2.20. The molecule has 1 unspecified atom stereocenters. The van der Waals surface area contributed by atoms with Crippen molar-refractivity contribution < 1.29 is 4.79 Å². The predicted molar refractivity (Wildman–Crippen MR) is 81.5 cm³/mol. The monoisotopic (exact) mass is 344 g/mol. The van der Waals surface area contributed by atoms with Crippen LogP contribution < -0.4 is 5.73 Å². The zero-order chi connectivity index (χ0) is 13.8. The van der Waals surface area contributed by atoms with Crippen LogP contribution in [-0.4, -0.2) is 29.9 Å². The van der Waals surface area contributed by atoms with Crippen molar-refractivity contribution in [3.63, 3.8) is 0 Å². The minimum absolute atomic E-state index is 0.0568. The highest BCUT2D eigenvalue weighted by Gasteiger charge is 2.27. The highest BCUT2D eigenvalue weighted by atomic mass is 79.9. The second-order valence-electron chi connectivity index (χ2n) is 4.88. The smallest absolute Gasteiger partial charge is 0.254 e. The molecule has 2 N–H and O–H groups in total. The first kappa shape index (κ1) is 14.8. The van der Waals surface area contributed by atoms with Crippen LogP contribution in [0, 0.1) is 0 Å². The molecule has 0 aliphatic carbocycles. The molecule has 1 heterocycles. The molecule has 3 nitrogen and oxygen atoms in total. The lowest BCUT2D eigenvalue weighted by atomic mass is 9.98. The van der Waals surface area contributed by atoms with Gasteiger partial charge in [-0.2, -0.15) is 0 Å². The van der Waals surface area contributed by atoms with E-state index in [1.807, 2.05) is 11.0 Å². The average Bonchev–Trinajstić information content (AvgIpc) is 2.38. The number of halogens is 2. The molecule has 1 aliphatic heterocycles. The standard InChI is InChI=1S/C14H18BrClN2O/c15-11-7-10(8-12(16)9-11)14(19)18-6-2-1-3-13(18)4-5-17/h7-9,13H,1-6,17H2. The van der Waals surface area contributed by atoms with Gasteiger partial charge in [0, 0.05) is 27.6 Å². The average molecular weight is 346 g/mol. The van der Waals surface area contributed by atoms with Gasteiger partial charge in [-0.05, 0) is 50.4 Å². The summed E-state index contributed by atoms with van der Waals surface area (Å²) in [5, 5.41) is 0.574. The summed E-state index contributed by atoms with van der Waals surface area (Å²) >= 11 is 9.39. The third kappa shape index (κ3) is 3.71. The maximum absolute atomic E-state index is 12.6. The van der Waals surface area contributed by atoms with Crippen molar-refractivity contribution in [3.8, 4) is 0 Å². The van der Waals surface area contributed by atoms with Crippen LogP contribution in [0.4, 0.5) is 0 Å². The lowest BCUT2D eigenvalue weighted by Crippen LogP contribution is -2.44. The Morgan fingerprint density at radius 1 is 1.42 bits per heavy atom. The summed E-state index contributed by atoms with van der Waals surface area (Å²) in [6.45, 7) is 1.43. The summed E-state index contributed by atoms with van der Waals surface area (Å²) in [7, 11) is 0. The van der Waals surface area contributed by atoms with E-state index in [2.05, 4.69) is 15.9 Å². The van der Waals surface area contributed by atoms with Gasteiger partial charge >= 0.3 is 0 Å². The van der Waals surface area contributed by atoms with Gasteiger partial charge in [0.05, 0.1) is 0 Å². The molecule has 0 saturated carbocycles. The van der Waals surface area contributed by atoms with Crippen LogP contribution in [0.1, 0.15) is 36.0 Å². The first-order valence-electron chi connectivity index (χ1n) is 6.59.